The minimum absolute atomic E-state index is 0. The molecule has 0 bridgehead atoms. The van der Waals surface area contributed by atoms with E-state index >= 15 is 0 Å². The van der Waals surface area contributed by atoms with E-state index in [1.165, 1.54) is 0 Å². The first-order valence-corrected chi connectivity index (χ1v) is 9.59. The fourth-order valence-electron chi connectivity index (χ4n) is 3.38. The summed E-state index contributed by atoms with van der Waals surface area (Å²) in [5.41, 5.74) is 6.99. The van der Waals surface area contributed by atoms with Gasteiger partial charge < -0.3 is 21.1 Å². The predicted octanol–water partition coefficient (Wildman–Crippen LogP) is 2.46. The van der Waals surface area contributed by atoms with Gasteiger partial charge in [-0.2, -0.15) is 0 Å². The molecule has 27 heavy (non-hydrogen) atoms. The molecular formula is C20H30ClN3O3. The molecular weight excluding hydrogens is 366 g/mol. The van der Waals surface area contributed by atoms with Gasteiger partial charge in [-0.25, -0.2) is 0 Å². The van der Waals surface area contributed by atoms with Crippen LogP contribution >= 0.6 is 12.4 Å². The van der Waals surface area contributed by atoms with Gasteiger partial charge in [0.2, 0.25) is 5.91 Å². The highest BCUT2D eigenvalue weighted by Crippen LogP contribution is 2.25. The zero-order chi connectivity index (χ0) is 18.5. The summed E-state index contributed by atoms with van der Waals surface area (Å²) in [4.78, 5) is 24.1. The van der Waals surface area contributed by atoms with Crippen LogP contribution < -0.4 is 21.1 Å². The molecule has 0 aliphatic heterocycles. The molecule has 4 N–H and O–H groups in total. The van der Waals surface area contributed by atoms with Crippen LogP contribution in [0.15, 0.2) is 24.3 Å². The number of rotatable bonds is 7. The van der Waals surface area contributed by atoms with Crippen LogP contribution in [0, 0.1) is 5.92 Å². The summed E-state index contributed by atoms with van der Waals surface area (Å²) < 4.78 is 5.51. The van der Waals surface area contributed by atoms with Crippen LogP contribution in [0.3, 0.4) is 0 Å². The third kappa shape index (κ3) is 6.70. The summed E-state index contributed by atoms with van der Waals surface area (Å²) >= 11 is 0. The van der Waals surface area contributed by atoms with E-state index in [0.29, 0.717) is 11.8 Å². The van der Waals surface area contributed by atoms with Crippen molar-refractivity contribution in [2.45, 2.75) is 63.6 Å². The molecule has 2 saturated carbocycles. The minimum atomic E-state index is -0.0807. The minimum Gasteiger partial charge on any atom is -0.484 e. The smallest absolute Gasteiger partial charge is 0.258 e. The van der Waals surface area contributed by atoms with Crippen LogP contribution in [-0.2, 0) is 9.59 Å². The normalized spacial score (nSPS) is 22.9. The molecule has 1 aromatic rings. The molecule has 2 amide bonds. The zero-order valence-electron chi connectivity index (χ0n) is 15.8. The predicted molar refractivity (Wildman–Crippen MR) is 107 cm³/mol. The Morgan fingerprint density at radius 3 is 2.52 bits per heavy atom. The average molecular weight is 396 g/mol. The molecule has 1 aromatic carbocycles. The van der Waals surface area contributed by atoms with Gasteiger partial charge in [0.15, 0.2) is 6.61 Å². The lowest BCUT2D eigenvalue weighted by Crippen LogP contribution is -2.38. The van der Waals surface area contributed by atoms with Crippen molar-refractivity contribution in [2.24, 2.45) is 11.7 Å². The van der Waals surface area contributed by atoms with Crippen molar-refractivity contribution in [3.8, 4) is 5.75 Å². The van der Waals surface area contributed by atoms with E-state index in [1.807, 2.05) is 31.2 Å². The van der Waals surface area contributed by atoms with Gasteiger partial charge >= 0.3 is 0 Å². The molecule has 3 rings (SSSR count). The quantitative estimate of drug-likeness (QED) is 0.661. The molecule has 3 atom stereocenters. The topological polar surface area (TPSA) is 93.5 Å². The van der Waals surface area contributed by atoms with E-state index in [4.69, 9.17) is 10.5 Å². The van der Waals surface area contributed by atoms with E-state index in [0.717, 1.165) is 44.1 Å². The molecule has 3 unspecified atom stereocenters. The number of ether oxygens (including phenoxy) is 1. The molecule has 0 radical (unpaired) electrons. The molecule has 2 aliphatic carbocycles. The van der Waals surface area contributed by atoms with Crippen LogP contribution in [0.2, 0.25) is 0 Å². The third-order valence-electron chi connectivity index (χ3n) is 5.14. The summed E-state index contributed by atoms with van der Waals surface area (Å²) in [6, 6.07) is 7.92. The number of carbonyl (C=O) groups excluding carboxylic acids is 2. The number of carbonyl (C=O) groups is 2. The Balaban J connectivity index is 0.00000261. The molecule has 6 nitrogen and oxygen atoms in total. The van der Waals surface area contributed by atoms with E-state index in [2.05, 4.69) is 10.6 Å². The Morgan fingerprint density at radius 1 is 1.19 bits per heavy atom. The zero-order valence-corrected chi connectivity index (χ0v) is 16.6. The summed E-state index contributed by atoms with van der Waals surface area (Å²) in [5.74, 6) is 0.679. The van der Waals surface area contributed by atoms with Gasteiger partial charge in [-0.1, -0.05) is 18.6 Å². The number of nitrogens with two attached hydrogens (primary N) is 1. The summed E-state index contributed by atoms with van der Waals surface area (Å²) in [5, 5.41) is 5.97. The number of hydrogen-bond donors (Lipinski definition) is 3. The van der Waals surface area contributed by atoms with Crippen LogP contribution in [0.25, 0.3) is 0 Å². The molecule has 0 saturated heterocycles. The Hall–Kier alpha value is -1.79. The molecule has 0 spiro atoms. The lowest BCUT2D eigenvalue weighted by molar-refractivity contribution is -0.126. The monoisotopic (exact) mass is 395 g/mol. The number of amides is 2. The summed E-state index contributed by atoms with van der Waals surface area (Å²) in [7, 11) is 0. The van der Waals surface area contributed by atoms with Crippen molar-refractivity contribution in [1.82, 2.24) is 10.6 Å². The second-order valence-corrected chi connectivity index (χ2v) is 7.55. The number of benzene rings is 1. The van der Waals surface area contributed by atoms with Crippen LogP contribution in [0.5, 0.6) is 5.75 Å². The maximum atomic E-state index is 12.4. The van der Waals surface area contributed by atoms with Gasteiger partial charge in [0.05, 0.1) is 6.04 Å². The average Bonchev–Trinajstić information content (AvgIpc) is 3.44. The maximum absolute atomic E-state index is 12.4. The SMILES string of the molecule is CC(NC(=O)C1CCCC(N)C1)c1ccc(OCC(=O)NC2CC2)cc1.Cl. The summed E-state index contributed by atoms with van der Waals surface area (Å²) in [6.45, 7) is 2.00. The highest BCUT2D eigenvalue weighted by Gasteiger charge is 2.26. The van der Waals surface area contributed by atoms with Crippen molar-refractivity contribution in [3.05, 3.63) is 29.8 Å². The van der Waals surface area contributed by atoms with E-state index < -0.39 is 0 Å². The van der Waals surface area contributed by atoms with E-state index in [9.17, 15) is 9.59 Å². The van der Waals surface area contributed by atoms with Crippen LogP contribution in [0.1, 0.15) is 57.1 Å². The van der Waals surface area contributed by atoms with E-state index in [-0.39, 0.29) is 48.8 Å². The van der Waals surface area contributed by atoms with Crippen LogP contribution in [0.4, 0.5) is 0 Å². The van der Waals surface area contributed by atoms with Crippen molar-refractivity contribution < 1.29 is 14.3 Å². The highest BCUT2D eigenvalue weighted by atomic mass is 35.5. The lowest BCUT2D eigenvalue weighted by atomic mass is 9.85. The van der Waals surface area contributed by atoms with Crippen LogP contribution in [-0.4, -0.2) is 30.5 Å². The second kappa shape index (κ2) is 9.95. The molecule has 150 valence electrons. The van der Waals surface area contributed by atoms with Crippen molar-refractivity contribution in [2.75, 3.05) is 6.61 Å². The Kier molecular flexibility index (Phi) is 7.92. The standard InChI is InChI=1S/C20H29N3O3.ClH/c1-13(22-20(25)15-3-2-4-16(21)11-15)14-5-9-18(10-6-14)26-12-19(24)23-17-7-8-17;/h5-6,9-10,13,15-17H,2-4,7-8,11-12,21H2,1H3,(H,22,25)(H,23,24);1H. The largest absolute Gasteiger partial charge is 0.484 e. The Bertz CT molecular complexity index is 634. The first-order chi connectivity index (χ1) is 12.5. The third-order valence-corrected chi connectivity index (χ3v) is 5.14. The summed E-state index contributed by atoms with van der Waals surface area (Å²) in [6.07, 6.45) is 5.86. The van der Waals surface area contributed by atoms with Crippen molar-refractivity contribution in [1.29, 1.82) is 0 Å². The van der Waals surface area contributed by atoms with Gasteiger partial charge in [-0.15, -0.1) is 12.4 Å². The number of hydrogen-bond acceptors (Lipinski definition) is 4. The van der Waals surface area contributed by atoms with E-state index in [1.54, 1.807) is 0 Å². The molecule has 7 heteroatoms. The van der Waals surface area contributed by atoms with Gasteiger partial charge in [0, 0.05) is 18.0 Å². The van der Waals surface area contributed by atoms with Gasteiger partial charge in [-0.3, -0.25) is 9.59 Å². The first kappa shape index (κ1) is 21.5. The highest BCUT2D eigenvalue weighted by molar-refractivity contribution is 5.85. The Morgan fingerprint density at radius 2 is 1.89 bits per heavy atom. The molecule has 2 fully saturated rings. The van der Waals surface area contributed by atoms with Gasteiger partial charge in [0.1, 0.15) is 5.75 Å². The molecule has 2 aliphatic rings. The maximum Gasteiger partial charge on any atom is 0.258 e. The fraction of sp³-hybridized carbons (Fsp3) is 0.600. The lowest BCUT2D eigenvalue weighted by Gasteiger charge is -2.27. The van der Waals surface area contributed by atoms with Gasteiger partial charge in [0.25, 0.3) is 5.91 Å². The number of nitrogens with one attached hydrogen (secondary N) is 2. The second-order valence-electron chi connectivity index (χ2n) is 7.55. The number of halogens is 1. The van der Waals surface area contributed by atoms with Crippen molar-refractivity contribution in [3.63, 3.8) is 0 Å². The first-order valence-electron chi connectivity index (χ1n) is 9.59. The molecule has 0 aromatic heterocycles. The Labute approximate surface area is 167 Å². The fourth-order valence-corrected chi connectivity index (χ4v) is 3.38. The van der Waals surface area contributed by atoms with Gasteiger partial charge in [-0.05, 0) is 56.7 Å². The van der Waals surface area contributed by atoms with Crippen molar-refractivity contribution >= 4 is 24.2 Å². The molecule has 0 heterocycles.